The van der Waals surface area contributed by atoms with Crippen molar-refractivity contribution in [3.8, 4) is 11.8 Å². The SMILES string of the molecule is COc1cc(OC)nc(NC(=O)c2nc(C[NH+]3CCS(=O)(=O)CC3)c3ccccn23)n1. The van der Waals surface area contributed by atoms with E-state index in [9.17, 15) is 13.2 Å². The molecule has 4 rings (SSSR count). The molecule has 2 N–H and O–H groups in total. The van der Waals surface area contributed by atoms with Gasteiger partial charge >= 0.3 is 0 Å². The number of nitrogens with zero attached hydrogens (tertiary/aromatic N) is 4. The number of aromatic nitrogens is 4. The van der Waals surface area contributed by atoms with Crippen LogP contribution in [0.4, 0.5) is 5.95 Å². The first-order chi connectivity index (χ1) is 14.9. The average molecular weight is 447 g/mol. The normalized spacial score (nSPS) is 16.2. The van der Waals surface area contributed by atoms with E-state index in [1.165, 1.54) is 20.3 Å². The summed E-state index contributed by atoms with van der Waals surface area (Å²) < 4.78 is 35.3. The van der Waals surface area contributed by atoms with E-state index >= 15 is 0 Å². The number of rotatable bonds is 6. The van der Waals surface area contributed by atoms with Crippen LogP contribution in [0.5, 0.6) is 11.8 Å². The highest BCUT2D eigenvalue weighted by Gasteiger charge is 2.27. The number of imidazole rings is 1. The number of hydrogen-bond acceptors (Lipinski definition) is 8. The molecule has 0 atom stereocenters. The lowest BCUT2D eigenvalue weighted by atomic mass is 10.3. The van der Waals surface area contributed by atoms with Gasteiger partial charge in [0.25, 0.3) is 5.91 Å². The van der Waals surface area contributed by atoms with Gasteiger partial charge in [-0.15, -0.1) is 0 Å². The molecule has 0 bridgehead atoms. The van der Waals surface area contributed by atoms with Crippen LogP contribution in [0, 0.1) is 0 Å². The van der Waals surface area contributed by atoms with Crippen molar-refractivity contribution in [1.29, 1.82) is 0 Å². The van der Waals surface area contributed by atoms with Gasteiger partial charge < -0.3 is 14.4 Å². The van der Waals surface area contributed by atoms with Crippen molar-refractivity contribution < 1.29 is 27.6 Å². The molecule has 11 nitrogen and oxygen atoms in total. The third kappa shape index (κ3) is 4.59. The van der Waals surface area contributed by atoms with Crippen LogP contribution in [0.2, 0.25) is 0 Å². The number of ether oxygens (including phenoxy) is 2. The van der Waals surface area contributed by atoms with Crippen molar-refractivity contribution in [3.05, 3.63) is 42.0 Å². The van der Waals surface area contributed by atoms with Crippen LogP contribution in [-0.4, -0.2) is 72.5 Å². The van der Waals surface area contributed by atoms with Crippen molar-refractivity contribution in [2.75, 3.05) is 44.1 Å². The molecule has 1 fully saturated rings. The van der Waals surface area contributed by atoms with E-state index in [1.807, 2.05) is 12.1 Å². The summed E-state index contributed by atoms with van der Waals surface area (Å²) in [6.07, 6.45) is 1.75. The smallest absolute Gasteiger partial charge is 0.294 e. The van der Waals surface area contributed by atoms with Gasteiger partial charge in [0.2, 0.25) is 23.5 Å². The maximum atomic E-state index is 13.0. The van der Waals surface area contributed by atoms with Gasteiger partial charge in [-0.2, -0.15) is 9.97 Å². The second kappa shape index (κ2) is 8.47. The van der Waals surface area contributed by atoms with E-state index < -0.39 is 15.7 Å². The Hall–Kier alpha value is -3.25. The molecular weight excluding hydrogens is 424 g/mol. The number of pyridine rings is 1. The van der Waals surface area contributed by atoms with Gasteiger partial charge in [-0.05, 0) is 12.1 Å². The predicted octanol–water partition coefficient (Wildman–Crippen LogP) is -0.793. The maximum absolute atomic E-state index is 13.0. The summed E-state index contributed by atoms with van der Waals surface area (Å²) in [6, 6.07) is 7.06. The number of nitrogens with one attached hydrogen (secondary N) is 2. The Morgan fingerprint density at radius 2 is 1.81 bits per heavy atom. The zero-order valence-corrected chi connectivity index (χ0v) is 18.0. The fourth-order valence-electron chi connectivity index (χ4n) is 3.46. The molecule has 3 aromatic rings. The molecule has 3 aromatic heterocycles. The summed E-state index contributed by atoms with van der Waals surface area (Å²) in [4.78, 5) is 26.9. The molecule has 4 heterocycles. The molecule has 0 saturated carbocycles. The van der Waals surface area contributed by atoms with Crippen LogP contribution in [0.25, 0.3) is 5.52 Å². The lowest BCUT2D eigenvalue weighted by Crippen LogP contribution is -3.13. The standard InChI is InChI=1S/C19H22N6O5S/c1-29-15-11-16(30-2)22-19(21-15)23-18(26)17-20-13(14-5-3-4-6-25(14)17)12-24-7-9-31(27,28)10-8-24/h3-6,11H,7-10,12H2,1-2H3,(H,21,22,23,26)/p+1. The van der Waals surface area contributed by atoms with E-state index in [-0.39, 0.29) is 35.0 Å². The minimum absolute atomic E-state index is 0.0299. The number of quaternary nitrogens is 1. The third-order valence-electron chi connectivity index (χ3n) is 5.10. The summed E-state index contributed by atoms with van der Waals surface area (Å²) in [5.41, 5.74) is 1.52. The Kier molecular flexibility index (Phi) is 5.74. The Morgan fingerprint density at radius 3 is 2.45 bits per heavy atom. The number of anilines is 1. The Bertz CT molecular complexity index is 1190. The Morgan fingerprint density at radius 1 is 1.13 bits per heavy atom. The van der Waals surface area contributed by atoms with Crippen LogP contribution in [0.15, 0.2) is 30.5 Å². The van der Waals surface area contributed by atoms with Gasteiger partial charge in [0.05, 0.1) is 50.4 Å². The zero-order chi connectivity index (χ0) is 22.0. The van der Waals surface area contributed by atoms with Gasteiger partial charge in [0.1, 0.15) is 12.2 Å². The van der Waals surface area contributed by atoms with Gasteiger partial charge in [-0.3, -0.25) is 14.5 Å². The average Bonchev–Trinajstić information content (AvgIpc) is 3.13. The van der Waals surface area contributed by atoms with Gasteiger partial charge in [-0.1, -0.05) is 6.07 Å². The monoisotopic (exact) mass is 447 g/mol. The zero-order valence-electron chi connectivity index (χ0n) is 17.2. The molecule has 0 aromatic carbocycles. The highest BCUT2D eigenvalue weighted by atomic mass is 32.2. The fraction of sp³-hybridized carbons (Fsp3) is 0.368. The van der Waals surface area contributed by atoms with Crippen molar-refractivity contribution in [2.45, 2.75) is 6.54 Å². The number of hydrogen-bond donors (Lipinski definition) is 2. The van der Waals surface area contributed by atoms with E-state index in [0.717, 1.165) is 16.1 Å². The lowest BCUT2D eigenvalue weighted by molar-refractivity contribution is -0.910. The van der Waals surface area contributed by atoms with Crippen LogP contribution >= 0.6 is 0 Å². The topological polar surface area (TPSA) is 129 Å². The molecule has 1 aliphatic heterocycles. The highest BCUT2D eigenvalue weighted by molar-refractivity contribution is 7.91. The summed E-state index contributed by atoms with van der Waals surface area (Å²) in [5.74, 6) is 0.549. The minimum atomic E-state index is -2.95. The summed E-state index contributed by atoms with van der Waals surface area (Å²) in [6.45, 7) is 1.57. The third-order valence-corrected chi connectivity index (χ3v) is 6.75. The van der Waals surface area contributed by atoms with Crippen molar-refractivity contribution in [3.63, 3.8) is 0 Å². The first-order valence-electron chi connectivity index (χ1n) is 9.67. The molecular formula is C19H23N6O5S+. The molecule has 0 unspecified atom stereocenters. The maximum Gasteiger partial charge on any atom is 0.294 e. The molecule has 1 saturated heterocycles. The molecule has 31 heavy (non-hydrogen) atoms. The van der Waals surface area contributed by atoms with Crippen molar-refractivity contribution in [1.82, 2.24) is 19.4 Å². The van der Waals surface area contributed by atoms with Crippen LogP contribution < -0.4 is 19.7 Å². The summed E-state index contributed by atoms with van der Waals surface area (Å²) in [7, 11) is -0.0412. The number of carbonyl (C=O) groups excluding carboxylic acids is 1. The summed E-state index contributed by atoms with van der Waals surface area (Å²) >= 11 is 0. The van der Waals surface area contributed by atoms with Gasteiger partial charge in [-0.25, -0.2) is 13.4 Å². The first kappa shape index (κ1) is 21.0. The number of methoxy groups -OCH3 is 2. The second-order valence-electron chi connectivity index (χ2n) is 7.15. The molecule has 0 radical (unpaired) electrons. The lowest BCUT2D eigenvalue weighted by Gasteiger charge is -2.22. The van der Waals surface area contributed by atoms with E-state index in [2.05, 4.69) is 20.3 Å². The van der Waals surface area contributed by atoms with Crippen LogP contribution in [0.3, 0.4) is 0 Å². The van der Waals surface area contributed by atoms with Crippen molar-refractivity contribution >= 4 is 27.2 Å². The Balaban J connectivity index is 1.60. The Labute approximate surface area is 179 Å². The molecule has 1 aliphatic rings. The minimum Gasteiger partial charge on any atom is -0.481 e. The second-order valence-corrected chi connectivity index (χ2v) is 9.45. The van der Waals surface area contributed by atoms with Gasteiger partial charge in [0.15, 0.2) is 9.84 Å². The fourth-order valence-corrected chi connectivity index (χ4v) is 4.86. The van der Waals surface area contributed by atoms with E-state index in [0.29, 0.717) is 19.6 Å². The molecule has 0 spiro atoms. The number of fused-ring (bicyclic) bond motifs is 1. The molecule has 164 valence electrons. The highest BCUT2D eigenvalue weighted by Crippen LogP contribution is 2.19. The number of carbonyl (C=O) groups is 1. The number of amides is 1. The van der Waals surface area contributed by atoms with E-state index in [4.69, 9.17) is 9.47 Å². The predicted molar refractivity (Wildman–Crippen MR) is 111 cm³/mol. The molecule has 12 heteroatoms. The van der Waals surface area contributed by atoms with Gasteiger partial charge in [0, 0.05) is 6.20 Å². The summed E-state index contributed by atoms with van der Waals surface area (Å²) in [5, 5.41) is 2.64. The molecule has 0 aliphatic carbocycles. The quantitative estimate of drug-likeness (QED) is 0.503. The van der Waals surface area contributed by atoms with Crippen LogP contribution in [-0.2, 0) is 16.4 Å². The largest absolute Gasteiger partial charge is 0.481 e. The first-order valence-corrected chi connectivity index (χ1v) is 11.5. The molecule has 1 amide bonds. The number of sulfone groups is 1. The van der Waals surface area contributed by atoms with Crippen LogP contribution in [0.1, 0.15) is 16.3 Å². The van der Waals surface area contributed by atoms with E-state index in [1.54, 1.807) is 16.7 Å². The van der Waals surface area contributed by atoms with Crippen molar-refractivity contribution in [2.24, 2.45) is 0 Å².